The lowest BCUT2D eigenvalue weighted by Gasteiger charge is -2.12. The number of ketones is 1. The smallest absolute Gasteiger partial charge is 0.405 e. The summed E-state index contributed by atoms with van der Waals surface area (Å²) in [4.78, 5) is 12.3. The molecule has 0 radical (unpaired) electrons. The summed E-state index contributed by atoms with van der Waals surface area (Å²) in [6, 6.07) is 9.54. The molecule has 0 unspecified atom stereocenters. The van der Waals surface area contributed by atoms with Crippen molar-refractivity contribution in [1.29, 1.82) is 0 Å². The van der Waals surface area contributed by atoms with Crippen LogP contribution in [0.3, 0.4) is 0 Å². The molecule has 0 aliphatic heterocycles. The van der Waals surface area contributed by atoms with E-state index in [0.29, 0.717) is 4.47 Å². The summed E-state index contributed by atoms with van der Waals surface area (Å²) in [5.74, 6) is -1.15. The Morgan fingerprint density at radius 3 is 2.43 bits per heavy atom. The van der Waals surface area contributed by atoms with Crippen LogP contribution in [0.5, 0.6) is 5.75 Å². The standard InChI is InChI=1S/C14H7BrClF3O2/c15-10-6-5-8(7-11(10)16)13(20)9-3-1-2-4-12(9)21-14(17,18)19/h1-7H. The van der Waals surface area contributed by atoms with Crippen molar-refractivity contribution in [3.8, 4) is 5.75 Å². The number of rotatable bonds is 3. The maximum absolute atomic E-state index is 12.3. The molecule has 0 N–H and O–H groups in total. The highest BCUT2D eigenvalue weighted by molar-refractivity contribution is 9.10. The molecule has 7 heteroatoms. The minimum atomic E-state index is -4.87. The summed E-state index contributed by atoms with van der Waals surface area (Å²) in [5.41, 5.74) is -0.0189. The monoisotopic (exact) mass is 378 g/mol. The second-order valence-corrected chi connectivity index (χ2v) is 5.26. The van der Waals surface area contributed by atoms with Crippen molar-refractivity contribution in [1.82, 2.24) is 0 Å². The Kier molecular flexibility index (Phi) is 4.58. The van der Waals surface area contributed by atoms with E-state index in [9.17, 15) is 18.0 Å². The predicted molar refractivity (Wildman–Crippen MR) is 75.7 cm³/mol. The molecular weight excluding hydrogens is 373 g/mol. The molecule has 110 valence electrons. The van der Waals surface area contributed by atoms with Crippen molar-refractivity contribution in [3.05, 3.63) is 63.1 Å². The van der Waals surface area contributed by atoms with Gasteiger partial charge in [-0.15, -0.1) is 13.2 Å². The molecule has 21 heavy (non-hydrogen) atoms. The SMILES string of the molecule is O=C(c1ccc(Br)c(Cl)c1)c1ccccc1OC(F)(F)F. The molecule has 0 saturated heterocycles. The van der Waals surface area contributed by atoms with Crippen LogP contribution in [0.15, 0.2) is 46.9 Å². The van der Waals surface area contributed by atoms with E-state index in [-0.39, 0.29) is 16.1 Å². The molecule has 0 bridgehead atoms. The van der Waals surface area contributed by atoms with Crippen LogP contribution in [0.2, 0.25) is 5.02 Å². The van der Waals surface area contributed by atoms with Crippen LogP contribution >= 0.6 is 27.5 Å². The van der Waals surface area contributed by atoms with E-state index in [1.165, 1.54) is 30.3 Å². The third-order valence-electron chi connectivity index (χ3n) is 2.54. The number of halogens is 5. The first kappa shape index (κ1) is 15.9. The molecule has 2 rings (SSSR count). The fraction of sp³-hybridized carbons (Fsp3) is 0.0714. The molecule has 0 aliphatic rings. The third kappa shape index (κ3) is 3.98. The molecule has 0 aromatic heterocycles. The molecular formula is C14H7BrClF3O2. The number of ether oxygens (including phenoxy) is 1. The zero-order valence-electron chi connectivity index (χ0n) is 10.2. The number of benzene rings is 2. The van der Waals surface area contributed by atoms with E-state index in [4.69, 9.17) is 11.6 Å². The van der Waals surface area contributed by atoms with Gasteiger partial charge < -0.3 is 4.74 Å². The summed E-state index contributed by atoms with van der Waals surface area (Å²) >= 11 is 9.05. The number of alkyl halides is 3. The first-order valence-electron chi connectivity index (χ1n) is 5.62. The maximum Gasteiger partial charge on any atom is 0.573 e. The Labute approximate surface area is 131 Å². The summed E-state index contributed by atoms with van der Waals surface area (Å²) in [7, 11) is 0. The summed E-state index contributed by atoms with van der Waals surface area (Å²) in [5, 5.41) is 0.287. The lowest BCUT2D eigenvalue weighted by Crippen LogP contribution is -2.19. The predicted octanol–water partition coefficient (Wildman–Crippen LogP) is 5.23. The van der Waals surface area contributed by atoms with Gasteiger partial charge in [0.2, 0.25) is 0 Å². The van der Waals surface area contributed by atoms with Gasteiger partial charge in [0.25, 0.3) is 0 Å². The maximum atomic E-state index is 12.3. The second kappa shape index (κ2) is 6.07. The zero-order chi connectivity index (χ0) is 15.6. The van der Waals surface area contributed by atoms with Gasteiger partial charge >= 0.3 is 6.36 Å². The molecule has 0 spiro atoms. The molecule has 0 aliphatic carbocycles. The highest BCUT2D eigenvalue weighted by Gasteiger charge is 2.32. The molecule has 0 atom stereocenters. The Balaban J connectivity index is 2.41. The van der Waals surface area contributed by atoms with Crippen molar-refractivity contribution in [2.45, 2.75) is 6.36 Å². The fourth-order valence-corrected chi connectivity index (χ4v) is 2.09. The number of carbonyl (C=O) groups excluding carboxylic acids is 1. The number of para-hydroxylation sites is 1. The van der Waals surface area contributed by atoms with Crippen LogP contribution in [0.4, 0.5) is 13.2 Å². The van der Waals surface area contributed by atoms with Crippen molar-refractivity contribution >= 4 is 33.3 Å². The molecule has 2 aromatic rings. The largest absolute Gasteiger partial charge is 0.573 e. The van der Waals surface area contributed by atoms with Crippen LogP contribution in [0.1, 0.15) is 15.9 Å². The molecule has 0 fully saturated rings. The van der Waals surface area contributed by atoms with Gasteiger partial charge in [-0.1, -0.05) is 23.7 Å². The third-order valence-corrected chi connectivity index (χ3v) is 3.77. The number of hydrogen-bond acceptors (Lipinski definition) is 2. The van der Waals surface area contributed by atoms with Gasteiger partial charge in [-0.05, 0) is 46.3 Å². The van der Waals surface area contributed by atoms with E-state index < -0.39 is 17.9 Å². The van der Waals surface area contributed by atoms with Crippen molar-refractivity contribution in [3.63, 3.8) is 0 Å². The van der Waals surface area contributed by atoms with Gasteiger partial charge in [-0.25, -0.2) is 0 Å². The molecule has 0 saturated carbocycles. The average molecular weight is 380 g/mol. The fourth-order valence-electron chi connectivity index (χ4n) is 1.66. The zero-order valence-corrected chi connectivity index (χ0v) is 12.6. The van der Waals surface area contributed by atoms with E-state index in [1.54, 1.807) is 6.07 Å². The van der Waals surface area contributed by atoms with Gasteiger partial charge in [0, 0.05) is 10.0 Å². The van der Waals surface area contributed by atoms with Crippen LogP contribution in [-0.4, -0.2) is 12.1 Å². The highest BCUT2D eigenvalue weighted by Crippen LogP contribution is 2.29. The van der Waals surface area contributed by atoms with Crippen molar-refractivity contribution < 1.29 is 22.7 Å². The summed E-state index contributed by atoms with van der Waals surface area (Å²) in [6.45, 7) is 0. The van der Waals surface area contributed by atoms with E-state index >= 15 is 0 Å². The highest BCUT2D eigenvalue weighted by atomic mass is 79.9. The van der Waals surface area contributed by atoms with Crippen LogP contribution in [-0.2, 0) is 0 Å². The minimum Gasteiger partial charge on any atom is -0.405 e. The lowest BCUT2D eigenvalue weighted by molar-refractivity contribution is -0.274. The van der Waals surface area contributed by atoms with Gasteiger partial charge in [0.15, 0.2) is 5.78 Å². The van der Waals surface area contributed by atoms with Crippen LogP contribution < -0.4 is 4.74 Å². The minimum absolute atomic E-state index is 0.168. The van der Waals surface area contributed by atoms with Crippen LogP contribution in [0.25, 0.3) is 0 Å². The first-order chi connectivity index (χ1) is 9.78. The van der Waals surface area contributed by atoms with E-state index in [0.717, 1.165) is 6.07 Å². The molecule has 0 amide bonds. The van der Waals surface area contributed by atoms with E-state index in [1.807, 2.05) is 0 Å². The summed E-state index contributed by atoms with van der Waals surface area (Å²) in [6.07, 6.45) is -4.87. The van der Waals surface area contributed by atoms with Gasteiger partial charge in [0.1, 0.15) is 5.75 Å². The molecule has 0 heterocycles. The van der Waals surface area contributed by atoms with Gasteiger partial charge in [-0.2, -0.15) is 0 Å². The molecule has 2 nitrogen and oxygen atoms in total. The Morgan fingerprint density at radius 1 is 1.14 bits per heavy atom. The Bertz CT molecular complexity index is 686. The van der Waals surface area contributed by atoms with Crippen LogP contribution in [0, 0.1) is 0 Å². The lowest BCUT2D eigenvalue weighted by atomic mass is 10.0. The van der Waals surface area contributed by atoms with Crippen molar-refractivity contribution in [2.24, 2.45) is 0 Å². The quantitative estimate of drug-likeness (QED) is 0.683. The topological polar surface area (TPSA) is 26.3 Å². The van der Waals surface area contributed by atoms with Gasteiger partial charge in [-0.3, -0.25) is 4.79 Å². The normalized spacial score (nSPS) is 11.3. The summed E-state index contributed by atoms with van der Waals surface area (Å²) < 4.78 is 41.5. The molecule has 2 aromatic carbocycles. The Hall–Kier alpha value is -1.53. The van der Waals surface area contributed by atoms with E-state index in [2.05, 4.69) is 20.7 Å². The number of hydrogen-bond donors (Lipinski definition) is 0. The number of carbonyl (C=O) groups is 1. The van der Waals surface area contributed by atoms with Crippen molar-refractivity contribution in [2.75, 3.05) is 0 Å². The van der Waals surface area contributed by atoms with Gasteiger partial charge in [0.05, 0.1) is 10.6 Å². The second-order valence-electron chi connectivity index (χ2n) is 4.00. The first-order valence-corrected chi connectivity index (χ1v) is 6.79. The average Bonchev–Trinajstić information content (AvgIpc) is 2.40. The Morgan fingerprint density at radius 2 is 1.81 bits per heavy atom.